The van der Waals surface area contributed by atoms with E-state index in [1.165, 1.54) is 30.4 Å². The van der Waals surface area contributed by atoms with Gasteiger partial charge in [-0.1, -0.05) is 0 Å². The smallest absolute Gasteiger partial charge is 0.337 e. The van der Waals surface area contributed by atoms with E-state index in [4.69, 9.17) is 4.74 Å². The highest BCUT2D eigenvalue weighted by Gasteiger charge is 2.19. The van der Waals surface area contributed by atoms with Crippen LogP contribution in [0.5, 0.6) is 0 Å². The zero-order chi connectivity index (χ0) is 17.8. The van der Waals surface area contributed by atoms with Crippen molar-refractivity contribution in [3.8, 4) is 0 Å². The molecule has 3 rings (SSSR count). The van der Waals surface area contributed by atoms with E-state index >= 15 is 0 Å². The molecule has 128 valence electrons. The number of imidazole rings is 1. The fraction of sp³-hybridized carbons (Fsp3) is 0.176. The van der Waals surface area contributed by atoms with Gasteiger partial charge in [0.25, 0.3) is 0 Å². The van der Waals surface area contributed by atoms with Crippen molar-refractivity contribution in [1.82, 2.24) is 14.5 Å². The molecule has 2 aromatic heterocycles. The Bertz CT molecular complexity index is 908. The summed E-state index contributed by atoms with van der Waals surface area (Å²) in [5.41, 5.74) is 1.53. The molecule has 0 aliphatic rings. The van der Waals surface area contributed by atoms with E-state index in [9.17, 15) is 14.7 Å². The largest absolute Gasteiger partial charge is 0.465 e. The number of nitrogens with one attached hydrogen (secondary N) is 1. The molecule has 1 amide bonds. The number of esters is 1. The van der Waals surface area contributed by atoms with Crippen LogP contribution in [0, 0.1) is 0 Å². The summed E-state index contributed by atoms with van der Waals surface area (Å²) in [4.78, 5) is 32.1. The number of rotatable bonds is 5. The molecule has 25 heavy (non-hydrogen) atoms. The molecule has 2 heterocycles. The first-order chi connectivity index (χ1) is 12.1. The van der Waals surface area contributed by atoms with Gasteiger partial charge in [-0.3, -0.25) is 9.78 Å². The topological polar surface area (TPSA) is 106 Å². The second-order valence-corrected chi connectivity index (χ2v) is 5.32. The minimum Gasteiger partial charge on any atom is -0.465 e. The summed E-state index contributed by atoms with van der Waals surface area (Å²) in [6, 6.07) is 5.88. The highest BCUT2D eigenvalue weighted by molar-refractivity contribution is 5.97. The Labute approximate surface area is 143 Å². The number of hydrogen-bond donors (Lipinski definition) is 2. The number of pyridine rings is 1. The summed E-state index contributed by atoms with van der Waals surface area (Å²) >= 11 is 0. The summed E-state index contributed by atoms with van der Waals surface area (Å²) < 4.78 is 6.21. The van der Waals surface area contributed by atoms with Crippen LogP contribution in [0.25, 0.3) is 10.9 Å². The molecule has 1 atom stereocenters. The van der Waals surface area contributed by atoms with E-state index in [1.807, 2.05) is 0 Å². The molecule has 0 bridgehead atoms. The number of anilines is 1. The number of aliphatic hydroxyl groups is 1. The number of nitrogens with zero attached hydrogens (tertiary/aromatic N) is 3. The Morgan fingerprint density at radius 3 is 2.88 bits per heavy atom. The van der Waals surface area contributed by atoms with Crippen LogP contribution in [-0.2, 0) is 9.53 Å². The molecule has 0 unspecified atom stereocenters. The summed E-state index contributed by atoms with van der Waals surface area (Å²) in [6.07, 6.45) is 6.10. The Kier molecular flexibility index (Phi) is 4.71. The Balaban J connectivity index is 1.85. The number of methoxy groups -OCH3 is 1. The first-order valence-corrected chi connectivity index (χ1v) is 7.49. The van der Waals surface area contributed by atoms with Gasteiger partial charge in [-0.15, -0.1) is 0 Å². The maximum Gasteiger partial charge on any atom is 0.337 e. The second-order valence-electron chi connectivity index (χ2n) is 5.32. The van der Waals surface area contributed by atoms with Crippen LogP contribution in [0.1, 0.15) is 16.4 Å². The predicted molar refractivity (Wildman–Crippen MR) is 90.1 cm³/mol. The number of benzene rings is 1. The normalized spacial score (nSPS) is 11.9. The van der Waals surface area contributed by atoms with Gasteiger partial charge in [0.1, 0.15) is 6.04 Å². The standard InChI is InChI=1S/C17H16N4O4/c1-25-17(24)11-2-3-14-12(6-11)7-13(8-19-14)20-16(23)15(9-22)21-5-4-18-10-21/h2-8,10,15,22H,9H2,1H3,(H,20,23)/t15-/m0/s1. The molecular weight excluding hydrogens is 324 g/mol. The minimum absolute atomic E-state index is 0.365. The number of carbonyl (C=O) groups is 2. The number of fused-ring (bicyclic) bond motifs is 1. The van der Waals surface area contributed by atoms with Crippen LogP contribution in [0.2, 0.25) is 0 Å². The number of carbonyl (C=O) groups excluding carboxylic acids is 2. The van der Waals surface area contributed by atoms with Gasteiger partial charge in [-0.2, -0.15) is 0 Å². The van der Waals surface area contributed by atoms with Crippen molar-refractivity contribution in [2.45, 2.75) is 6.04 Å². The third kappa shape index (κ3) is 3.48. The van der Waals surface area contributed by atoms with E-state index in [2.05, 4.69) is 15.3 Å². The second kappa shape index (κ2) is 7.10. The van der Waals surface area contributed by atoms with E-state index in [-0.39, 0.29) is 6.61 Å². The summed E-state index contributed by atoms with van der Waals surface area (Å²) in [5, 5.41) is 12.9. The number of aromatic nitrogens is 3. The van der Waals surface area contributed by atoms with E-state index in [1.54, 1.807) is 30.5 Å². The average molecular weight is 340 g/mol. The summed E-state index contributed by atoms with van der Waals surface area (Å²) in [6.45, 7) is -0.365. The fourth-order valence-corrected chi connectivity index (χ4v) is 2.44. The molecule has 0 saturated carbocycles. The highest BCUT2D eigenvalue weighted by Crippen LogP contribution is 2.20. The van der Waals surface area contributed by atoms with Gasteiger partial charge in [0.15, 0.2) is 0 Å². The van der Waals surface area contributed by atoms with Gasteiger partial charge in [0.05, 0.1) is 43.0 Å². The summed E-state index contributed by atoms with van der Waals surface area (Å²) in [5.74, 6) is -0.845. The van der Waals surface area contributed by atoms with Crippen molar-refractivity contribution in [1.29, 1.82) is 0 Å². The lowest BCUT2D eigenvalue weighted by Crippen LogP contribution is -2.28. The van der Waals surface area contributed by atoms with Crippen molar-refractivity contribution in [2.75, 3.05) is 19.0 Å². The van der Waals surface area contributed by atoms with E-state index in [0.29, 0.717) is 22.2 Å². The van der Waals surface area contributed by atoms with Crippen molar-refractivity contribution in [3.63, 3.8) is 0 Å². The molecule has 0 saturated heterocycles. The molecule has 8 heteroatoms. The van der Waals surface area contributed by atoms with Crippen molar-refractivity contribution < 1.29 is 19.4 Å². The van der Waals surface area contributed by atoms with Crippen LogP contribution in [0.4, 0.5) is 5.69 Å². The lowest BCUT2D eigenvalue weighted by atomic mass is 10.1. The zero-order valence-corrected chi connectivity index (χ0v) is 13.4. The van der Waals surface area contributed by atoms with Crippen LogP contribution in [0.15, 0.2) is 49.2 Å². The highest BCUT2D eigenvalue weighted by atomic mass is 16.5. The molecular formula is C17H16N4O4. The van der Waals surface area contributed by atoms with Gasteiger partial charge in [-0.05, 0) is 24.3 Å². The first kappa shape index (κ1) is 16.6. The maximum absolute atomic E-state index is 12.4. The average Bonchev–Trinajstić information content (AvgIpc) is 3.15. The number of ether oxygens (including phenoxy) is 1. The molecule has 0 aliphatic carbocycles. The molecule has 8 nitrogen and oxygen atoms in total. The zero-order valence-electron chi connectivity index (χ0n) is 13.4. The Hall–Kier alpha value is -3.26. The van der Waals surface area contributed by atoms with Crippen molar-refractivity contribution in [3.05, 3.63) is 54.7 Å². The molecule has 3 aromatic rings. The molecule has 0 aliphatic heterocycles. The molecule has 0 radical (unpaired) electrons. The SMILES string of the molecule is COC(=O)c1ccc2ncc(NC(=O)[C@H](CO)n3ccnc3)cc2c1. The van der Waals surface area contributed by atoms with Crippen LogP contribution >= 0.6 is 0 Å². The van der Waals surface area contributed by atoms with Gasteiger partial charge in [0, 0.05) is 17.8 Å². The monoisotopic (exact) mass is 340 g/mol. The van der Waals surface area contributed by atoms with Crippen LogP contribution < -0.4 is 5.32 Å². The van der Waals surface area contributed by atoms with E-state index in [0.717, 1.165) is 0 Å². The van der Waals surface area contributed by atoms with Gasteiger partial charge < -0.3 is 19.7 Å². The van der Waals surface area contributed by atoms with Crippen LogP contribution in [0.3, 0.4) is 0 Å². The molecule has 0 spiro atoms. The van der Waals surface area contributed by atoms with Crippen molar-refractivity contribution in [2.24, 2.45) is 0 Å². The predicted octanol–water partition coefficient (Wildman–Crippen LogP) is 1.39. The molecule has 0 fully saturated rings. The minimum atomic E-state index is -0.792. The Morgan fingerprint density at radius 2 is 2.20 bits per heavy atom. The number of amides is 1. The Morgan fingerprint density at radius 1 is 1.36 bits per heavy atom. The third-order valence-corrected chi connectivity index (χ3v) is 3.73. The van der Waals surface area contributed by atoms with Crippen LogP contribution in [-0.4, -0.2) is 45.2 Å². The molecule has 2 N–H and O–H groups in total. The van der Waals surface area contributed by atoms with E-state index < -0.39 is 17.9 Å². The quantitative estimate of drug-likeness (QED) is 0.680. The number of hydrogen-bond acceptors (Lipinski definition) is 6. The van der Waals surface area contributed by atoms with Gasteiger partial charge >= 0.3 is 5.97 Å². The number of aliphatic hydroxyl groups excluding tert-OH is 1. The fourth-order valence-electron chi connectivity index (χ4n) is 2.44. The lowest BCUT2D eigenvalue weighted by Gasteiger charge is -2.15. The first-order valence-electron chi connectivity index (χ1n) is 7.49. The maximum atomic E-state index is 12.4. The lowest BCUT2D eigenvalue weighted by molar-refractivity contribution is -0.120. The third-order valence-electron chi connectivity index (χ3n) is 3.73. The van der Waals surface area contributed by atoms with Gasteiger partial charge in [-0.25, -0.2) is 9.78 Å². The van der Waals surface area contributed by atoms with Crippen molar-refractivity contribution >= 4 is 28.5 Å². The molecule has 1 aromatic carbocycles. The van der Waals surface area contributed by atoms with Gasteiger partial charge in [0.2, 0.25) is 5.91 Å². The summed E-state index contributed by atoms with van der Waals surface area (Å²) in [7, 11) is 1.31.